The molecule has 2 aromatic rings. The van der Waals surface area contributed by atoms with Crippen molar-refractivity contribution in [3.8, 4) is 23.0 Å². The van der Waals surface area contributed by atoms with Crippen LogP contribution in [0.15, 0.2) is 40.3 Å². The van der Waals surface area contributed by atoms with Gasteiger partial charge in [-0.1, -0.05) is 0 Å². The van der Waals surface area contributed by atoms with Crippen molar-refractivity contribution in [2.24, 2.45) is 9.98 Å². The summed E-state index contributed by atoms with van der Waals surface area (Å²) in [5.41, 5.74) is 3.83. The molecule has 26 heavy (non-hydrogen) atoms. The highest BCUT2D eigenvalue weighted by Crippen LogP contribution is 2.35. The van der Waals surface area contributed by atoms with Gasteiger partial charge in [0.15, 0.2) is 23.0 Å². The molecule has 0 bridgehead atoms. The highest BCUT2D eigenvalue weighted by molar-refractivity contribution is 6.54. The molecule has 0 spiro atoms. The molecule has 0 fully saturated rings. The molecule has 7 heteroatoms. The van der Waals surface area contributed by atoms with Gasteiger partial charge in [0, 0.05) is 16.7 Å². The van der Waals surface area contributed by atoms with Gasteiger partial charge in [0.25, 0.3) is 0 Å². The first-order chi connectivity index (χ1) is 12.7. The Balaban J connectivity index is 1.75. The van der Waals surface area contributed by atoms with Crippen molar-refractivity contribution < 1.29 is 24.1 Å². The van der Waals surface area contributed by atoms with Gasteiger partial charge in [0.2, 0.25) is 6.79 Å². The molecule has 0 saturated heterocycles. The molecule has 2 heterocycles. The van der Waals surface area contributed by atoms with Crippen molar-refractivity contribution in [1.82, 2.24) is 0 Å². The average molecular weight is 354 g/mol. The van der Waals surface area contributed by atoms with Crippen molar-refractivity contribution in [2.75, 3.05) is 27.7 Å². The lowest BCUT2D eigenvalue weighted by atomic mass is 9.97. The Labute approximate surface area is 150 Å². The third-order valence-corrected chi connectivity index (χ3v) is 4.33. The summed E-state index contributed by atoms with van der Waals surface area (Å²) in [6.07, 6.45) is 0. The van der Waals surface area contributed by atoms with E-state index in [4.69, 9.17) is 18.9 Å². The number of hydrogen-bond donors (Lipinski definition) is 1. The number of nitrogens with zero attached hydrogens (tertiary/aromatic N) is 2. The maximum Gasteiger partial charge on any atom is 0.231 e. The summed E-state index contributed by atoms with van der Waals surface area (Å²) in [6.45, 7) is 0.404. The van der Waals surface area contributed by atoms with Gasteiger partial charge < -0.3 is 24.1 Å². The monoisotopic (exact) mass is 354 g/mol. The molecule has 2 aliphatic rings. The van der Waals surface area contributed by atoms with Crippen LogP contribution in [0.2, 0.25) is 0 Å². The highest BCUT2D eigenvalue weighted by atomic mass is 16.7. The van der Waals surface area contributed by atoms with Gasteiger partial charge in [-0.25, -0.2) is 0 Å². The largest absolute Gasteiger partial charge is 0.493 e. The van der Waals surface area contributed by atoms with Crippen LogP contribution in [0, 0.1) is 0 Å². The number of aliphatic hydroxyl groups is 1. The Bertz CT molecular complexity index is 895. The Morgan fingerprint density at radius 1 is 0.962 bits per heavy atom. The van der Waals surface area contributed by atoms with Crippen molar-refractivity contribution in [3.05, 3.63) is 47.0 Å². The fourth-order valence-electron chi connectivity index (χ4n) is 3.12. The summed E-state index contributed by atoms with van der Waals surface area (Å²) in [7, 11) is 3.11. The Hall–Kier alpha value is -3.06. The molecule has 2 aliphatic heterocycles. The lowest BCUT2D eigenvalue weighted by Gasteiger charge is -2.15. The maximum atomic E-state index is 9.69. The van der Waals surface area contributed by atoms with Gasteiger partial charge in [0.05, 0.1) is 32.2 Å². The van der Waals surface area contributed by atoms with Crippen molar-refractivity contribution in [1.29, 1.82) is 0 Å². The minimum Gasteiger partial charge on any atom is -0.493 e. The SMILES string of the molecule is COc1cc(C2=NCN=C2c2ccc3c(c2)OCO3)cc(CO)c1OC. The highest BCUT2D eigenvalue weighted by Gasteiger charge is 2.23. The predicted molar refractivity (Wildman–Crippen MR) is 96.0 cm³/mol. The van der Waals surface area contributed by atoms with E-state index in [9.17, 15) is 5.11 Å². The molecule has 0 aromatic heterocycles. The second kappa shape index (κ2) is 6.68. The maximum absolute atomic E-state index is 9.69. The Kier molecular flexibility index (Phi) is 4.22. The van der Waals surface area contributed by atoms with Crippen molar-refractivity contribution in [3.63, 3.8) is 0 Å². The molecule has 0 aliphatic carbocycles. The summed E-state index contributed by atoms with van der Waals surface area (Å²) >= 11 is 0. The summed E-state index contributed by atoms with van der Waals surface area (Å²) in [6, 6.07) is 9.37. The average Bonchev–Trinajstić information content (AvgIpc) is 3.35. The Morgan fingerprint density at radius 3 is 2.46 bits per heavy atom. The molecule has 0 saturated carbocycles. The van der Waals surface area contributed by atoms with Gasteiger partial charge in [-0.2, -0.15) is 0 Å². The number of hydrogen-bond acceptors (Lipinski definition) is 7. The fourth-order valence-corrected chi connectivity index (χ4v) is 3.12. The van der Waals surface area contributed by atoms with Crippen LogP contribution in [0.3, 0.4) is 0 Å². The van der Waals surface area contributed by atoms with Crippen LogP contribution < -0.4 is 18.9 Å². The summed E-state index contributed by atoms with van der Waals surface area (Å²) < 4.78 is 21.6. The standard InChI is InChI=1S/C19H18N2O5/c1-23-16-7-12(5-13(8-22)19(16)24-2)18-17(20-9-21-18)11-3-4-14-15(6-11)26-10-25-14/h3-7,22H,8-10H2,1-2H3. The molecule has 4 rings (SSSR count). The number of benzene rings is 2. The second-order valence-electron chi connectivity index (χ2n) is 5.75. The molecular formula is C19H18N2O5. The number of ether oxygens (including phenoxy) is 4. The lowest BCUT2D eigenvalue weighted by molar-refractivity contribution is 0.174. The van der Waals surface area contributed by atoms with Crippen molar-refractivity contribution in [2.45, 2.75) is 6.61 Å². The van der Waals surface area contributed by atoms with Crippen LogP contribution in [0.5, 0.6) is 23.0 Å². The number of methoxy groups -OCH3 is 2. The first-order valence-electron chi connectivity index (χ1n) is 8.10. The van der Waals surface area contributed by atoms with Gasteiger partial charge >= 0.3 is 0 Å². The van der Waals surface area contributed by atoms with Crippen molar-refractivity contribution >= 4 is 11.4 Å². The number of aliphatic hydroxyl groups excluding tert-OH is 1. The molecule has 2 aromatic carbocycles. The van der Waals surface area contributed by atoms with Crippen LogP contribution in [0.1, 0.15) is 16.7 Å². The molecule has 7 nitrogen and oxygen atoms in total. The van der Waals surface area contributed by atoms with E-state index in [1.807, 2.05) is 30.3 Å². The zero-order valence-electron chi connectivity index (χ0n) is 14.5. The predicted octanol–water partition coefficient (Wildman–Crippen LogP) is 2.17. The normalized spacial score (nSPS) is 14.9. The molecule has 0 atom stereocenters. The smallest absolute Gasteiger partial charge is 0.231 e. The third kappa shape index (κ3) is 2.66. The van der Waals surface area contributed by atoms with Crippen LogP contribution in [-0.4, -0.2) is 44.2 Å². The number of fused-ring (bicyclic) bond motifs is 1. The van der Waals surface area contributed by atoms with E-state index in [0.29, 0.717) is 29.5 Å². The minimum atomic E-state index is -0.169. The first kappa shape index (κ1) is 16.4. The molecule has 0 radical (unpaired) electrons. The van der Waals surface area contributed by atoms with Crippen LogP contribution in [0.4, 0.5) is 0 Å². The van der Waals surface area contributed by atoms with Gasteiger partial charge in [-0.15, -0.1) is 0 Å². The summed E-state index contributed by atoms with van der Waals surface area (Å²) in [5, 5.41) is 9.69. The summed E-state index contributed by atoms with van der Waals surface area (Å²) in [4.78, 5) is 9.05. The third-order valence-electron chi connectivity index (χ3n) is 4.33. The van der Waals surface area contributed by atoms with E-state index in [0.717, 1.165) is 28.3 Å². The van der Waals surface area contributed by atoms with E-state index in [2.05, 4.69) is 9.98 Å². The molecule has 1 N–H and O–H groups in total. The zero-order valence-corrected chi connectivity index (χ0v) is 14.5. The molecule has 0 amide bonds. The topological polar surface area (TPSA) is 81.9 Å². The second-order valence-corrected chi connectivity index (χ2v) is 5.75. The number of rotatable bonds is 5. The van der Waals surface area contributed by atoms with Gasteiger partial charge in [-0.3, -0.25) is 9.98 Å². The van der Waals surface area contributed by atoms with Gasteiger partial charge in [-0.05, 0) is 30.3 Å². The molecule has 134 valence electrons. The number of aliphatic imine (C=N–C) groups is 2. The molecule has 0 unspecified atom stereocenters. The van der Waals surface area contributed by atoms with E-state index in [-0.39, 0.29) is 13.4 Å². The Morgan fingerprint density at radius 2 is 1.73 bits per heavy atom. The lowest BCUT2D eigenvalue weighted by Crippen LogP contribution is -2.15. The van der Waals surface area contributed by atoms with E-state index >= 15 is 0 Å². The van der Waals surface area contributed by atoms with Gasteiger partial charge in [0.1, 0.15) is 6.67 Å². The first-order valence-corrected chi connectivity index (χ1v) is 8.10. The minimum absolute atomic E-state index is 0.169. The van der Waals surface area contributed by atoms with E-state index in [1.54, 1.807) is 14.2 Å². The molecular weight excluding hydrogens is 336 g/mol. The summed E-state index contributed by atoms with van der Waals surface area (Å²) in [5.74, 6) is 2.46. The van der Waals surface area contributed by atoms with Crippen LogP contribution >= 0.6 is 0 Å². The van der Waals surface area contributed by atoms with E-state index in [1.165, 1.54) is 0 Å². The van der Waals surface area contributed by atoms with E-state index < -0.39 is 0 Å². The van der Waals surface area contributed by atoms with Crippen LogP contribution in [-0.2, 0) is 6.61 Å². The zero-order chi connectivity index (χ0) is 18.1. The fraction of sp³-hybridized carbons (Fsp3) is 0.263. The van der Waals surface area contributed by atoms with Crippen LogP contribution in [0.25, 0.3) is 0 Å². The quantitative estimate of drug-likeness (QED) is 0.890.